The summed E-state index contributed by atoms with van der Waals surface area (Å²) in [5, 5.41) is 0. The van der Waals surface area contributed by atoms with Crippen LogP contribution in [0.5, 0.6) is 0 Å². The van der Waals surface area contributed by atoms with Crippen molar-refractivity contribution in [1.29, 1.82) is 0 Å². The van der Waals surface area contributed by atoms with E-state index in [1.165, 1.54) is 18.2 Å². The average Bonchev–Trinajstić information content (AvgIpc) is 3.17. The van der Waals surface area contributed by atoms with Crippen LogP contribution in [0.15, 0.2) is 79.7 Å². The van der Waals surface area contributed by atoms with Crippen molar-refractivity contribution in [1.82, 2.24) is 9.55 Å². The first-order valence-electron chi connectivity index (χ1n) is 11.9. The number of benzene rings is 2. The van der Waals surface area contributed by atoms with Gasteiger partial charge in [-0.25, -0.2) is 13.2 Å². The quantitative estimate of drug-likeness (QED) is 0.321. The zero-order chi connectivity index (χ0) is 26.3. The Bertz CT molecular complexity index is 1690. The zero-order valence-corrected chi connectivity index (χ0v) is 22.8. The molecule has 0 spiro atoms. The van der Waals surface area contributed by atoms with Crippen molar-refractivity contribution in [2.75, 3.05) is 6.61 Å². The van der Waals surface area contributed by atoms with E-state index in [9.17, 15) is 18.0 Å². The Labute approximate surface area is 223 Å². The lowest BCUT2D eigenvalue weighted by Gasteiger charge is -2.21. The van der Waals surface area contributed by atoms with Gasteiger partial charge in [0, 0.05) is 6.54 Å². The first-order chi connectivity index (χ1) is 17.7. The van der Waals surface area contributed by atoms with Crippen LogP contribution >= 0.6 is 15.9 Å². The van der Waals surface area contributed by atoms with Crippen LogP contribution in [0.25, 0.3) is 11.4 Å². The third-order valence-electron chi connectivity index (χ3n) is 6.67. The number of carbonyl (C=O) groups excluding carboxylic acids is 1. The lowest BCUT2D eigenvalue weighted by atomic mass is 9.94. The van der Waals surface area contributed by atoms with Gasteiger partial charge >= 0.3 is 5.97 Å². The zero-order valence-electron chi connectivity index (χ0n) is 20.4. The topological polar surface area (TPSA) is 98.2 Å². The van der Waals surface area contributed by atoms with Gasteiger partial charge in [0.2, 0.25) is 9.84 Å². The van der Waals surface area contributed by atoms with E-state index < -0.39 is 21.4 Å². The van der Waals surface area contributed by atoms with Gasteiger partial charge in [0.1, 0.15) is 10.6 Å². The molecule has 0 atom stereocenters. The van der Waals surface area contributed by atoms with E-state index >= 15 is 0 Å². The number of rotatable bonds is 6. The summed E-state index contributed by atoms with van der Waals surface area (Å²) in [7, 11) is -4.00. The van der Waals surface area contributed by atoms with E-state index in [4.69, 9.17) is 4.74 Å². The van der Waals surface area contributed by atoms with E-state index in [0.29, 0.717) is 46.5 Å². The summed E-state index contributed by atoms with van der Waals surface area (Å²) in [6, 6.07) is 17.3. The van der Waals surface area contributed by atoms with E-state index in [1.807, 2.05) is 35.8 Å². The fourth-order valence-electron chi connectivity index (χ4n) is 4.81. The molecule has 2 aromatic heterocycles. The maximum atomic E-state index is 13.3. The minimum atomic E-state index is -4.00. The number of nitrogens with zero attached hydrogens (tertiary/aromatic N) is 1. The van der Waals surface area contributed by atoms with Crippen LogP contribution in [0.1, 0.15) is 39.7 Å². The molecular weight excluding hydrogens is 556 g/mol. The molecule has 0 saturated carbocycles. The largest absolute Gasteiger partial charge is 0.461 e. The van der Waals surface area contributed by atoms with Gasteiger partial charge in [-0.1, -0.05) is 42.5 Å². The Morgan fingerprint density at radius 2 is 1.78 bits per heavy atom. The number of carbonyl (C=O) groups is 1. The minimum absolute atomic E-state index is 0.0622. The third-order valence-corrected chi connectivity index (χ3v) is 9.30. The Balaban J connectivity index is 1.73. The number of hydrogen-bond donors (Lipinski definition) is 1. The lowest BCUT2D eigenvalue weighted by Crippen LogP contribution is -2.22. The molecule has 1 aliphatic carbocycles. The van der Waals surface area contributed by atoms with E-state index in [1.54, 1.807) is 25.1 Å². The predicted molar refractivity (Wildman–Crippen MR) is 144 cm³/mol. The first-order valence-corrected chi connectivity index (χ1v) is 14.2. The van der Waals surface area contributed by atoms with Gasteiger partial charge in [-0.3, -0.25) is 4.79 Å². The number of esters is 1. The molecule has 190 valence electrons. The van der Waals surface area contributed by atoms with Crippen molar-refractivity contribution in [3.8, 4) is 11.4 Å². The molecule has 0 saturated heterocycles. The molecule has 5 rings (SSSR count). The van der Waals surface area contributed by atoms with Crippen LogP contribution < -0.4 is 5.56 Å². The maximum absolute atomic E-state index is 13.3. The molecule has 2 heterocycles. The predicted octanol–water partition coefficient (Wildman–Crippen LogP) is 5.07. The fraction of sp³-hybridized carbons (Fsp3) is 0.214. The smallest absolute Gasteiger partial charge is 0.356 e. The van der Waals surface area contributed by atoms with Crippen molar-refractivity contribution in [3.05, 3.63) is 103 Å². The molecule has 0 radical (unpaired) electrons. The average molecular weight is 581 g/mol. The summed E-state index contributed by atoms with van der Waals surface area (Å²) >= 11 is 3.63. The van der Waals surface area contributed by atoms with Gasteiger partial charge in [0.05, 0.1) is 27.4 Å². The lowest BCUT2D eigenvalue weighted by molar-refractivity contribution is 0.0513. The number of halogens is 1. The second-order valence-corrected chi connectivity index (χ2v) is 11.6. The molecule has 9 heteroatoms. The van der Waals surface area contributed by atoms with Gasteiger partial charge in [0.25, 0.3) is 5.56 Å². The summed E-state index contributed by atoms with van der Waals surface area (Å²) in [4.78, 5) is 28.9. The molecular formula is C28H25BrN2O5S. The Kier molecular flexibility index (Phi) is 6.68. The summed E-state index contributed by atoms with van der Waals surface area (Å²) in [6.45, 7) is 4.35. The molecule has 7 nitrogen and oxygen atoms in total. The molecule has 1 aliphatic rings. The summed E-state index contributed by atoms with van der Waals surface area (Å²) in [6.07, 6.45) is 1.07. The monoisotopic (exact) mass is 580 g/mol. The minimum Gasteiger partial charge on any atom is -0.461 e. The van der Waals surface area contributed by atoms with Gasteiger partial charge in [0.15, 0.2) is 0 Å². The number of fused-ring (bicyclic) bond motifs is 3. The summed E-state index contributed by atoms with van der Waals surface area (Å²) < 4.78 is 34.4. The molecule has 0 aliphatic heterocycles. The molecule has 0 unspecified atom stereocenters. The number of sulfone groups is 1. The SMILES string of the molecule is CCOC(=O)c1c(Br)c2c(n1Cc1ccccc1C)-c1[nH]c(=O)c(S(=O)(=O)c3ccccc3)cc1CC2. The highest BCUT2D eigenvalue weighted by Gasteiger charge is 2.33. The Morgan fingerprint density at radius 3 is 2.49 bits per heavy atom. The molecule has 0 bridgehead atoms. The van der Waals surface area contributed by atoms with Gasteiger partial charge in [-0.05, 0) is 83.1 Å². The normalized spacial score (nSPS) is 12.6. The molecule has 0 fully saturated rings. The van der Waals surface area contributed by atoms with Crippen LogP contribution in [0, 0.1) is 6.92 Å². The Hall–Kier alpha value is -3.43. The highest BCUT2D eigenvalue weighted by Crippen LogP contribution is 2.41. The van der Waals surface area contributed by atoms with Crippen molar-refractivity contribution >= 4 is 31.7 Å². The van der Waals surface area contributed by atoms with Crippen molar-refractivity contribution < 1.29 is 17.9 Å². The molecule has 2 aromatic carbocycles. The van der Waals surface area contributed by atoms with E-state index in [0.717, 1.165) is 16.7 Å². The molecule has 1 N–H and O–H groups in total. The van der Waals surface area contributed by atoms with Gasteiger partial charge in [-0.2, -0.15) is 0 Å². The number of aryl methyl sites for hydroxylation is 2. The third kappa shape index (κ3) is 4.36. The highest BCUT2D eigenvalue weighted by molar-refractivity contribution is 9.10. The highest BCUT2D eigenvalue weighted by atomic mass is 79.9. The Morgan fingerprint density at radius 1 is 1.08 bits per heavy atom. The molecule has 37 heavy (non-hydrogen) atoms. The second-order valence-electron chi connectivity index (χ2n) is 8.90. The van der Waals surface area contributed by atoms with Crippen LogP contribution in [0.3, 0.4) is 0 Å². The number of hydrogen-bond acceptors (Lipinski definition) is 5. The maximum Gasteiger partial charge on any atom is 0.356 e. The van der Waals surface area contributed by atoms with Crippen molar-refractivity contribution in [2.24, 2.45) is 0 Å². The number of aromatic amines is 1. The van der Waals surface area contributed by atoms with Gasteiger partial charge in [-0.15, -0.1) is 0 Å². The number of H-pyrrole nitrogens is 1. The van der Waals surface area contributed by atoms with Crippen molar-refractivity contribution in [2.45, 2.75) is 43.0 Å². The molecule has 0 amide bonds. The second kappa shape index (κ2) is 9.79. The summed E-state index contributed by atoms with van der Waals surface area (Å²) in [5.74, 6) is -0.468. The number of ether oxygens (including phenoxy) is 1. The first kappa shape index (κ1) is 25.2. The molecule has 4 aromatic rings. The standard InChI is InChI=1S/C28H25BrN2O5S/c1-3-36-28(33)26-23(29)21-14-13-18-15-22(37(34,35)20-11-5-4-6-12-20)27(32)30-24(18)25(21)31(26)16-19-10-8-7-9-17(19)2/h4-12,15H,3,13-14,16H2,1-2H3,(H,30,32). The van der Waals surface area contributed by atoms with Crippen LogP contribution in [0.4, 0.5) is 0 Å². The van der Waals surface area contributed by atoms with Crippen LogP contribution in [-0.2, 0) is 34.0 Å². The van der Waals surface area contributed by atoms with E-state index in [2.05, 4.69) is 20.9 Å². The summed E-state index contributed by atoms with van der Waals surface area (Å²) in [5.41, 5.74) is 4.51. The van der Waals surface area contributed by atoms with Gasteiger partial charge < -0.3 is 14.3 Å². The van der Waals surface area contributed by atoms with Crippen LogP contribution in [-0.4, -0.2) is 30.5 Å². The van der Waals surface area contributed by atoms with Crippen LogP contribution in [0.2, 0.25) is 0 Å². The van der Waals surface area contributed by atoms with E-state index in [-0.39, 0.29) is 16.4 Å². The number of nitrogens with one attached hydrogen (secondary N) is 1. The fourth-order valence-corrected chi connectivity index (χ4v) is 6.94. The number of pyridine rings is 1. The van der Waals surface area contributed by atoms with Crippen molar-refractivity contribution in [3.63, 3.8) is 0 Å². The number of aromatic nitrogens is 2.